The lowest BCUT2D eigenvalue weighted by molar-refractivity contribution is 0.0953. The molecule has 0 saturated carbocycles. The van der Waals surface area contributed by atoms with Gasteiger partial charge in [-0.25, -0.2) is 5.43 Å². The number of nitrogens with one attached hydrogen (secondary N) is 1. The summed E-state index contributed by atoms with van der Waals surface area (Å²) < 4.78 is 0. The highest BCUT2D eigenvalue weighted by molar-refractivity contribution is 6.30. The summed E-state index contributed by atoms with van der Waals surface area (Å²) in [7, 11) is 0. The van der Waals surface area contributed by atoms with Crippen LogP contribution in [-0.2, 0) is 6.54 Å². The van der Waals surface area contributed by atoms with Crippen molar-refractivity contribution in [1.29, 1.82) is 0 Å². The summed E-state index contributed by atoms with van der Waals surface area (Å²) in [6.45, 7) is 2.25. The van der Waals surface area contributed by atoms with Gasteiger partial charge in [-0.3, -0.25) is 9.59 Å². The standard InChI is InChI=1S/C27H20ClN3O2/c1-17(19-12-14-22(28)15-13-19)29-30-26(32)21-10-8-18(9-11-21)16-31-24-7-3-5-20-4-2-6-23(25(20)24)27(31)33/h2-15H,16H2,1H3,(H,30,32)/b29-17+. The Kier molecular flexibility index (Phi) is 5.40. The van der Waals surface area contributed by atoms with Crippen LogP contribution in [0.2, 0.25) is 5.02 Å². The van der Waals surface area contributed by atoms with E-state index in [1.54, 1.807) is 29.2 Å². The largest absolute Gasteiger partial charge is 0.303 e. The van der Waals surface area contributed by atoms with Crippen molar-refractivity contribution in [1.82, 2.24) is 5.43 Å². The monoisotopic (exact) mass is 453 g/mol. The number of halogens is 1. The van der Waals surface area contributed by atoms with Gasteiger partial charge in [0.05, 0.1) is 17.9 Å². The van der Waals surface area contributed by atoms with E-state index in [1.807, 2.05) is 67.6 Å². The zero-order chi connectivity index (χ0) is 22.9. The van der Waals surface area contributed by atoms with Crippen LogP contribution in [-0.4, -0.2) is 17.5 Å². The molecule has 1 heterocycles. The van der Waals surface area contributed by atoms with Crippen LogP contribution in [0.1, 0.15) is 38.8 Å². The fraction of sp³-hybridized carbons (Fsp3) is 0.0741. The van der Waals surface area contributed by atoms with Crippen LogP contribution in [0.5, 0.6) is 0 Å². The first-order chi connectivity index (χ1) is 16.0. The lowest BCUT2D eigenvalue weighted by atomic mass is 10.1. The molecule has 5 nitrogen and oxygen atoms in total. The molecular formula is C27H20ClN3O2. The lowest BCUT2D eigenvalue weighted by Gasteiger charge is -2.18. The third-order valence-electron chi connectivity index (χ3n) is 5.79. The molecule has 4 aromatic carbocycles. The summed E-state index contributed by atoms with van der Waals surface area (Å²) in [5, 5.41) is 6.88. The van der Waals surface area contributed by atoms with Crippen molar-refractivity contribution in [2.45, 2.75) is 13.5 Å². The predicted octanol–water partition coefficient (Wildman–Crippen LogP) is 5.81. The minimum absolute atomic E-state index is 0.00404. The Morgan fingerprint density at radius 3 is 2.30 bits per heavy atom. The Labute approximate surface area is 196 Å². The molecule has 1 aliphatic heterocycles. The average molecular weight is 454 g/mol. The molecule has 0 aromatic heterocycles. The van der Waals surface area contributed by atoms with Gasteiger partial charge in [0.1, 0.15) is 0 Å². The summed E-state index contributed by atoms with van der Waals surface area (Å²) in [5.74, 6) is -0.306. The molecule has 6 heteroatoms. The van der Waals surface area contributed by atoms with Crippen LogP contribution in [0, 0.1) is 0 Å². The maximum absolute atomic E-state index is 13.0. The number of carbonyl (C=O) groups excluding carboxylic acids is 2. The molecule has 162 valence electrons. The van der Waals surface area contributed by atoms with Crippen LogP contribution in [0.3, 0.4) is 0 Å². The van der Waals surface area contributed by atoms with Crippen molar-refractivity contribution in [2.75, 3.05) is 4.90 Å². The molecular weight excluding hydrogens is 434 g/mol. The topological polar surface area (TPSA) is 61.8 Å². The highest BCUT2D eigenvalue weighted by Crippen LogP contribution is 2.37. The first-order valence-electron chi connectivity index (χ1n) is 10.5. The molecule has 0 radical (unpaired) electrons. The number of amides is 2. The molecule has 4 aromatic rings. The summed E-state index contributed by atoms with van der Waals surface area (Å²) in [5.41, 5.74) is 7.22. The third-order valence-corrected chi connectivity index (χ3v) is 6.04. The van der Waals surface area contributed by atoms with E-state index in [-0.39, 0.29) is 11.8 Å². The zero-order valence-electron chi connectivity index (χ0n) is 17.9. The SMILES string of the molecule is C/C(=N\NC(=O)c1ccc(CN2C(=O)c3cccc4cccc2c34)cc1)c1ccc(Cl)cc1. The number of benzene rings is 4. The molecule has 1 N–H and O–H groups in total. The van der Waals surface area contributed by atoms with Gasteiger partial charge in [-0.1, -0.05) is 60.1 Å². The van der Waals surface area contributed by atoms with Crippen molar-refractivity contribution in [2.24, 2.45) is 5.10 Å². The first-order valence-corrected chi connectivity index (χ1v) is 10.9. The Morgan fingerprint density at radius 1 is 0.909 bits per heavy atom. The van der Waals surface area contributed by atoms with Crippen molar-refractivity contribution in [3.8, 4) is 0 Å². The number of hydrogen-bond acceptors (Lipinski definition) is 3. The van der Waals surface area contributed by atoms with Gasteiger partial charge in [-0.15, -0.1) is 0 Å². The number of rotatable bonds is 5. The maximum atomic E-state index is 13.0. The number of hydrogen-bond donors (Lipinski definition) is 1. The minimum atomic E-state index is -0.302. The second-order valence-electron chi connectivity index (χ2n) is 7.91. The molecule has 0 atom stereocenters. The highest BCUT2D eigenvalue weighted by atomic mass is 35.5. The van der Waals surface area contributed by atoms with Gasteiger partial charge in [0.2, 0.25) is 0 Å². The molecule has 0 spiro atoms. The molecule has 0 saturated heterocycles. The van der Waals surface area contributed by atoms with E-state index >= 15 is 0 Å². The minimum Gasteiger partial charge on any atom is -0.303 e. The second kappa shape index (κ2) is 8.52. The van der Waals surface area contributed by atoms with Gasteiger partial charge in [0.15, 0.2) is 0 Å². The van der Waals surface area contributed by atoms with Crippen LogP contribution in [0.4, 0.5) is 5.69 Å². The first kappa shape index (κ1) is 20.9. The molecule has 0 aliphatic carbocycles. The quantitative estimate of drug-likeness (QED) is 0.306. The van der Waals surface area contributed by atoms with Gasteiger partial charge >= 0.3 is 0 Å². The smallest absolute Gasteiger partial charge is 0.271 e. The number of hydrazone groups is 1. The van der Waals surface area contributed by atoms with Gasteiger partial charge in [0.25, 0.3) is 11.8 Å². The molecule has 33 heavy (non-hydrogen) atoms. The van der Waals surface area contributed by atoms with Crippen molar-refractivity contribution in [3.63, 3.8) is 0 Å². The van der Waals surface area contributed by atoms with Gasteiger partial charge in [0, 0.05) is 21.5 Å². The van der Waals surface area contributed by atoms with E-state index in [1.165, 1.54) is 0 Å². The predicted molar refractivity (Wildman–Crippen MR) is 132 cm³/mol. The summed E-state index contributed by atoms with van der Waals surface area (Å²) >= 11 is 5.91. The van der Waals surface area contributed by atoms with Crippen LogP contribution >= 0.6 is 11.6 Å². The zero-order valence-corrected chi connectivity index (χ0v) is 18.6. The molecule has 5 rings (SSSR count). The number of anilines is 1. The Hall–Kier alpha value is -3.96. The molecule has 1 aliphatic rings. The Balaban J connectivity index is 1.29. The second-order valence-corrected chi connectivity index (χ2v) is 8.35. The third kappa shape index (κ3) is 3.99. The molecule has 0 fully saturated rings. The van der Waals surface area contributed by atoms with E-state index in [9.17, 15) is 9.59 Å². The summed E-state index contributed by atoms with van der Waals surface area (Å²) in [6.07, 6.45) is 0. The lowest BCUT2D eigenvalue weighted by Crippen LogP contribution is -2.26. The number of carbonyl (C=O) groups is 2. The Bertz CT molecular complexity index is 1400. The summed E-state index contributed by atoms with van der Waals surface area (Å²) in [4.78, 5) is 27.3. The van der Waals surface area contributed by atoms with E-state index < -0.39 is 0 Å². The van der Waals surface area contributed by atoms with Gasteiger partial charge in [-0.05, 0) is 59.8 Å². The summed E-state index contributed by atoms with van der Waals surface area (Å²) in [6, 6.07) is 26.2. The normalized spacial score (nSPS) is 13.0. The molecule has 0 bridgehead atoms. The number of nitrogens with zero attached hydrogens (tertiary/aromatic N) is 2. The maximum Gasteiger partial charge on any atom is 0.271 e. The van der Waals surface area contributed by atoms with Crippen molar-refractivity contribution in [3.05, 3.63) is 112 Å². The van der Waals surface area contributed by atoms with Crippen LogP contribution in [0.25, 0.3) is 10.8 Å². The molecule has 2 amide bonds. The van der Waals surface area contributed by atoms with Crippen LogP contribution in [0.15, 0.2) is 90.0 Å². The molecule has 0 unspecified atom stereocenters. The Morgan fingerprint density at radius 2 is 1.58 bits per heavy atom. The fourth-order valence-electron chi connectivity index (χ4n) is 4.04. The van der Waals surface area contributed by atoms with Gasteiger partial charge in [-0.2, -0.15) is 5.10 Å². The van der Waals surface area contributed by atoms with E-state index in [0.717, 1.165) is 33.2 Å². The van der Waals surface area contributed by atoms with E-state index in [2.05, 4.69) is 10.5 Å². The van der Waals surface area contributed by atoms with Gasteiger partial charge < -0.3 is 4.90 Å². The fourth-order valence-corrected chi connectivity index (χ4v) is 4.16. The van der Waals surface area contributed by atoms with Crippen molar-refractivity contribution < 1.29 is 9.59 Å². The van der Waals surface area contributed by atoms with E-state index in [0.29, 0.717) is 22.8 Å². The van der Waals surface area contributed by atoms with E-state index in [4.69, 9.17) is 11.6 Å². The van der Waals surface area contributed by atoms with Crippen molar-refractivity contribution >= 4 is 45.6 Å². The highest BCUT2D eigenvalue weighted by Gasteiger charge is 2.29. The van der Waals surface area contributed by atoms with Crippen LogP contribution < -0.4 is 10.3 Å². The average Bonchev–Trinajstić information content (AvgIpc) is 3.11.